The van der Waals surface area contributed by atoms with E-state index < -0.39 is 5.97 Å². The topological polar surface area (TPSA) is 89.9 Å². The lowest BCUT2D eigenvalue weighted by molar-refractivity contribution is 0.0728. The van der Waals surface area contributed by atoms with Gasteiger partial charge in [-0.3, -0.25) is 9.78 Å². The van der Waals surface area contributed by atoms with Crippen molar-refractivity contribution in [3.05, 3.63) is 88.2 Å². The highest BCUT2D eigenvalue weighted by Crippen LogP contribution is 2.29. The summed E-state index contributed by atoms with van der Waals surface area (Å²) in [6.45, 7) is 4.02. The number of hydrogen-bond donors (Lipinski definition) is 1. The van der Waals surface area contributed by atoms with Gasteiger partial charge in [-0.1, -0.05) is 23.7 Å². The predicted octanol–water partition coefficient (Wildman–Crippen LogP) is 4.43. The second kappa shape index (κ2) is 10.4. The molecule has 0 spiro atoms. The van der Waals surface area contributed by atoms with Gasteiger partial charge in [0.2, 0.25) is 0 Å². The number of pyridine rings is 1. The lowest BCUT2D eigenvalue weighted by atomic mass is 10.2. The van der Waals surface area contributed by atoms with E-state index in [9.17, 15) is 9.59 Å². The van der Waals surface area contributed by atoms with Crippen LogP contribution in [0.5, 0.6) is 11.5 Å². The Morgan fingerprint density at radius 3 is 2.65 bits per heavy atom. The molecule has 0 aliphatic heterocycles. The van der Waals surface area contributed by atoms with E-state index in [1.807, 2.05) is 13.8 Å². The fourth-order valence-electron chi connectivity index (χ4n) is 2.57. The number of nitrogens with one attached hydrogen (secondary N) is 1. The maximum Gasteiger partial charge on any atom is 0.345 e. The molecule has 1 amide bonds. The monoisotopic (exact) mass is 437 g/mol. The normalized spacial score (nSPS) is 10.7. The molecule has 0 saturated heterocycles. The first kappa shape index (κ1) is 22.0. The quantitative estimate of drug-likeness (QED) is 0.255. The van der Waals surface area contributed by atoms with E-state index in [0.717, 1.165) is 5.69 Å². The van der Waals surface area contributed by atoms with E-state index >= 15 is 0 Å². The molecule has 158 valence electrons. The maximum atomic E-state index is 12.4. The highest BCUT2D eigenvalue weighted by molar-refractivity contribution is 6.33. The maximum absolute atomic E-state index is 12.4. The predicted molar refractivity (Wildman–Crippen MR) is 118 cm³/mol. The van der Waals surface area contributed by atoms with E-state index in [-0.39, 0.29) is 17.2 Å². The highest BCUT2D eigenvalue weighted by Gasteiger charge is 2.15. The zero-order chi connectivity index (χ0) is 22.2. The Balaban J connectivity index is 1.71. The van der Waals surface area contributed by atoms with Gasteiger partial charge in [0, 0.05) is 11.9 Å². The number of benzene rings is 2. The van der Waals surface area contributed by atoms with Crippen molar-refractivity contribution >= 4 is 29.7 Å². The summed E-state index contributed by atoms with van der Waals surface area (Å²) in [5, 5.41) is 4.26. The summed E-state index contributed by atoms with van der Waals surface area (Å²) < 4.78 is 11.0. The average Bonchev–Trinajstić information content (AvgIpc) is 2.76. The Bertz CT molecular complexity index is 1110. The molecule has 1 N–H and O–H groups in total. The first-order chi connectivity index (χ1) is 15.0. The average molecular weight is 438 g/mol. The smallest absolute Gasteiger partial charge is 0.345 e. The number of aromatic nitrogens is 1. The van der Waals surface area contributed by atoms with E-state index in [1.54, 1.807) is 54.6 Å². The van der Waals surface area contributed by atoms with Crippen molar-refractivity contribution in [1.82, 2.24) is 10.4 Å². The lowest BCUT2D eigenvalue weighted by Crippen LogP contribution is -2.17. The zero-order valence-electron chi connectivity index (χ0n) is 17.0. The third kappa shape index (κ3) is 5.90. The summed E-state index contributed by atoms with van der Waals surface area (Å²) in [5.41, 5.74) is 4.56. The molecule has 0 atom stereocenters. The summed E-state index contributed by atoms with van der Waals surface area (Å²) in [6.07, 6.45) is 2.94. The number of aryl methyl sites for hydroxylation is 1. The minimum absolute atomic E-state index is 0.249. The number of hydrazone groups is 1. The van der Waals surface area contributed by atoms with Crippen molar-refractivity contribution < 1.29 is 19.1 Å². The molecule has 0 radical (unpaired) electrons. The number of carbonyl (C=O) groups is 2. The van der Waals surface area contributed by atoms with Crippen LogP contribution in [-0.2, 0) is 0 Å². The van der Waals surface area contributed by atoms with Crippen molar-refractivity contribution in [2.45, 2.75) is 13.8 Å². The van der Waals surface area contributed by atoms with Gasteiger partial charge in [0.05, 0.1) is 29.0 Å². The number of amides is 1. The fourth-order valence-corrected chi connectivity index (χ4v) is 2.78. The van der Waals surface area contributed by atoms with E-state index in [1.165, 1.54) is 12.4 Å². The minimum Gasteiger partial charge on any atom is -0.490 e. The van der Waals surface area contributed by atoms with Gasteiger partial charge in [0.15, 0.2) is 11.5 Å². The first-order valence-corrected chi connectivity index (χ1v) is 9.85. The Hall–Kier alpha value is -3.71. The van der Waals surface area contributed by atoms with Crippen molar-refractivity contribution in [2.75, 3.05) is 6.61 Å². The van der Waals surface area contributed by atoms with Crippen molar-refractivity contribution in [3.8, 4) is 11.5 Å². The van der Waals surface area contributed by atoms with Gasteiger partial charge in [0.1, 0.15) is 0 Å². The van der Waals surface area contributed by atoms with Crippen LogP contribution < -0.4 is 14.9 Å². The molecule has 0 aliphatic rings. The molecule has 8 heteroatoms. The van der Waals surface area contributed by atoms with E-state index in [4.69, 9.17) is 21.1 Å². The van der Waals surface area contributed by atoms with E-state index in [2.05, 4.69) is 15.5 Å². The molecule has 1 aromatic heterocycles. The Morgan fingerprint density at radius 1 is 1.13 bits per heavy atom. The molecule has 0 bridgehead atoms. The molecule has 2 aromatic carbocycles. The molecule has 7 nitrogen and oxygen atoms in total. The highest BCUT2D eigenvalue weighted by atomic mass is 35.5. The summed E-state index contributed by atoms with van der Waals surface area (Å²) in [5.74, 6) is -0.356. The molecule has 3 aromatic rings. The number of hydrogen-bond acceptors (Lipinski definition) is 6. The van der Waals surface area contributed by atoms with Gasteiger partial charge in [-0.2, -0.15) is 5.10 Å². The standard InChI is InChI=1S/C23H20ClN3O4/c1-3-30-21-12-16(13-26-27-22(28)17-10-8-15(2)25-14-17)9-11-20(21)31-23(29)18-6-4-5-7-19(18)24/h4-14H,3H2,1-2H3,(H,27,28)/b26-13-. The second-order valence-electron chi connectivity index (χ2n) is 6.40. The third-order valence-electron chi connectivity index (χ3n) is 4.12. The van der Waals surface area contributed by atoms with Crippen LogP contribution in [0.4, 0.5) is 0 Å². The van der Waals surface area contributed by atoms with Gasteiger partial charge < -0.3 is 9.47 Å². The third-order valence-corrected chi connectivity index (χ3v) is 4.45. The van der Waals surface area contributed by atoms with Gasteiger partial charge in [-0.15, -0.1) is 0 Å². The summed E-state index contributed by atoms with van der Waals surface area (Å²) in [7, 11) is 0. The number of rotatable bonds is 7. The van der Waals surface area contributed by atoms with Gasteiger partial charge in [-0.25, -0.2) is 10.2 Å². The van der Waals surface area contributed by atoms with Crippen LogP contribution in [-0.4, -0.2) is 29.7 Å². The van der Waals surface area contributed by atoms with Crippen molar-refractivity contribution in [2.24, 2.45) is 5.10 Å². The fraction of sp³-hybridized carbons (Fsp3) is 0.130. The minimum atomic E-state index is -0.591. The van der Waals surface area contributed by atoms with Gasteiger partial charge >= 0.3 is 5.97 Å². The molecular formula is C23H20ClN3O4. The SMILES string of the molecule is CCOc1cc(/C=N\NC(=O)c2ccc(C)nc2)ccc1OC(=O)c1ccccc1Cl. The molecule has 0 unspecified atom stereocenters. The zero-order valence-corrected chi connectivity index (χ0v) is 17.7. The second-order valence-corrected chi connectivity index (χ2v) is 6.80. The van der Waals surface area contributed by atoms with Crippen LogP contribution in [0, 0.1) is 6.92 Å². The summed E-state index contributed by atoms with van der Waals surface area (Å²) in [6, 6.07) is 15.0. The van der Waals surface area contributed by atoms with Crippen LogP contribution in [0.2, 0.25) is 5.02 Å². The van der Waals surface area contributed by atoms with Crippen molar-refractivity contribution in [1.29, 1.82) is 0 Å². The van der Waals surface area contributed by atoms with Crippen molar-refractivity contribution in [3.63, 3.8) is 0 Å². The molecular weight excluding hydrogens is 418 g/mol. The summed E-state index contributed by atoms with van der Waals surface area (Å²) >= 11 is 6.06. The summed E-state index contributed by atoms with van der Waals surface area (Å²) in [4.78, 5) is 28.6. The lowest BCUT2D eigenvalue weighted by Gasteiger charge is -2.12. The number of nitrogens with zero attached hydrogens (tertiary/aromatic N) is 2. The van der Waals surface area contributed by atoms with Gasteiger partial charge in [0.25, 0.3) is 5.91 Å². The molecule has 0 saturated carbocycles. The van der Waals surface area contributed by atoms with Crippen LogP contribution >= 0.6 is 11.6 Å². The molecule has 0 fully saturated rings. The molecule has 0 aliphatic carbocycles. The van der Waals surface area contributed by atoms with Crippen LogP contribution in [0.1, 0.15) is 38.9 Å². The molecule has 3 rings (SSSR count). The number of halogens is 1. The molecule has 1 heterocycles. The number of carbonyl (C=O) groups excluding carboxylic acids is 2. The largest absolute Gasteiger partial charge is 0.490 e. The Morgan fingerprint density at radius 2 is 1.94 bits per heavy atom. The van der Waals surface area contributed by atoms with E-state index in [0.29, 0.717) is 28.5 Å². The van der Waals surface area contributed by atoms with Crippen LogP contribution in [0.15, 0.2) is 65.9 Å². The molecule has 31 heavy (non-hydrogen) atoms. The first-order valence-electron chi connectivity index (χ1n) is 9.47. The number of esters is 1. The Kier molecular flexibility index (Phi) is 7.35. The Labute approximate surface area is 184 Å². The van der Waals surface area contributed by atoms with Gasteiger partial charge in [-0.05, 0) is 61.9 Å². The number of ether oxygens (including phenoxy) is 2. The van der Waals surface area contributed by atoms with Crippen LogP contribution in [0.25, 0.3) is 0 Å². The van der Waals surface area contributed by atoms with Crippen LogP contribution in [0.3, 0.4) is 0 Å².